The van der Waals surface area contributed by atoms with Crippen LogP contribution in [0.4, 0.5) is 5.69 Å². The van der Waals surface area contributed by atoms with Gasteiger partial charge in [0.15, 0.2) is 0 Å². The van der Waals surface area contributed by atoms with E-state index < -0.39 is 6.10 Å². The summed E-state index contributed by atoms with van der Waals surface area (Å²) in [4.78, 5) is 12.1. The summed E-state index contributed by atoms with van der Waals surface area (Å²) in [5, 5.41) is 13.8. The van der Waals surface area contributed by atoms with E-state index in [1.54, 1.807) is 0 Å². The average molecular weight is 309 g/mol. The van der Waals surface area contributed by atoms with Gasteiger partial charge in [-0.3, -0.25) is 4.79 Å². The quantitative estimate of drug-likeness (QED) is 0.894. The van der Waals surface area contributed by atoms with Gasteiger partial charge in [-0.1, -0.05) is 49.7 Å². The van der Waals surface area contributed by atoms with Crippen LogP contribution in [0.5, 0.6) is 0 Å². The zero-order chi connectivity index (χ0) is 16.6. The predicted molar refractivity (Wildman–Crippen MR) is 92.7 cm³/mol. The number of benzene rings is 2. The van der Waals surface area contributed by atoms with Crippen LogP contribution in [0, 0.1) is 6.92 Å². The molecule has 0 saturated heterocycles. The van der Waals surface area contributed by atoms with E-state index in [1.807, 2.05) is 50.2 Å². The van der Waals surface area contributed by atoms with E-state index in [9.17, 15) is 9.90 Å². The molecule has 3 rings (SSSR count). The Labute approximate surface area is 137 Å². The zero-order valence-electron chi connectivity index (χ0n) is 13.9. The molecule has 0 aliphatic carbocycles. The van der Waals surface area contributed by atoms with E-state index in [2.05, 4.69) is 12.2 Å². The van der Waals surface area contributed by atoms with Crippen molar-refractivity contribution in [1.29, 1.82) is 0 Å². The summed E-state index contributed by atoms with van der Waals surface area (Å²) in [5.74, 6) is -0.0420. The van der Waals surface area contributed by atoms with Gasteiger partial charge >= 0.3 is 0 Å². The molecule has 0 aromatic heterocycles. The second-order valence-corrected chi connectivity index (χ2v) is 6.26. The number of nitrogens with one attached hydrogen (secondary N) is 1. The number of aryl methyl sites for hydroxylation is 2. The number of rotatable bonds is 4. The summed E-state index contributed by atoms with van der Waals surface area (Å²) in [5.41, 5.74) is 5.97. The maximum Gasteiger partial charge on any atom is 0.232 e. The van der Waals surface area contributed by atoms with Crippen molar-refractivity contribution in [2.24, 2.45) is 0 Å². The molecule has 2 aromatic rings. The molecular formula is C20H23NO2. The van der Waals surface area contributed by atoms with Crippen molar-refractivity contribution in [1.82, 2.24) is 0 Å². The van der Waals surface area contributed by atoms with Crippen LogP contribution in [0.2, 0.25) is 0 Å². The molecule has 2 aromatic carbocycles. The molecule has 1 aliphatic heterocycles. The van der Waals surface area contributed by atoms with Crippen LogP contribution in [0.1, 0.15) is 60.1 Å². The molecule has 3 heteroatoms. The van der Waals surface area contributed by atoms with Gasteiger partial charge in [0, 0.05) is 5.69 Å². The molecule has 0 radical (unpaired) electrons. The number of carbonyl (C=O) groups is 1. The van der Waals surface area contributed by atoms with Crippen molar-refractivity contribution >= 4 is 11.6 Å². The molecule has 3 nitrogen and oxygen atoms in total. The minimum absolute atomic E-state index is 0.0687. The average Bonchev–Trinajstić information content (AvgIpc) is 2.89. The molecule has 2 N–H and O–H groups in total. The maximum absolute atomic E-state index is 12.1. The van der Waals surface area contributed by atoms with Crippen LogP contribution in [0.15, 0.2) is 36.4 Å². The van der Waals surface area contributed by atoms with Gasteiger partial charge in [-0.15, -0.1) is 0 Å². The first-order valence-corrected chi connectivity index (χ1v) is 8.27. The summed E-state index contributed by atoms with van der Waals surface area (Å²) in [6.45, 7) is 6.13. The molecule has 2 atom stereocenters. The van der Waals surface area contributed by atoms with Crippen molar-refractivity contribution in [2.45, 2.75) is 45.6 Å². The van der Waals surface area contributed by atoms with E-state index in [1.165, 1.54) is 5.56 Å². The highest BCUT2D eigenvalue weighted by Crippen LogP contribution is 2.40. The van der Waals surface area contributed by atoms with Gasteiger partial charge in [0.05, 0.1) is 5.92 Å². The van der Waals surface area contributed by atoms with Gasteiger partial charge in [0.2, 0.25) is 5.91 Å². The summed E-state index contributed by atoms with van der Waals surface area (Å²) < 4.78 is 0. The third-order valence-electron chi connectivity index (χ3n) is 4.71. The number of aliphatic hydroxyl groups excluding tert-OH is 1. The van der Waals surface area contributed by atoms with Crippen LogP contribution >= 0.6 is 0 Å². The molecular weight excluding hydrogens is 286 g/mol. The Kier molecular flexibility index (Phi) is 4.22. The zero-order valence-corrected chi connectivity index (χ0v) is 13.9. The first-order valence-electron chi connectivity index (χ1n) is 8.27. The number of carbonyl (C=O) groups excluding carboxylic acids is 1. The lowest BCUT2D eigenvalue weighted by molar-refractivity contribution is -0.117. The number of amides is 1. The topological polar surface area (TPSA) is 49.3 Å². The number of anilines is 1. The number of hydrogen-bond acceptors (Lipinski definition) is 2. The standard InChI is InChI=1S/C20H23NO2/c1-4-13-10-15(19(22)14-8-6-12(3)7-9-14)11-17-16(5-2)20(23)21-18(13)17/h6-11,16,19,22H,4-5H2,1-3H3,(H,21,23). The van der Waals surface area contributed by atoms with E-state index in [0.717, 1.165) is 40.8 Å². The van der Waals surface area contributed by atoms with Crippen molar-refractivity contribution in [3.8, 4) is 0 Å². The summed E-state index contributed by atoms with van der Waals surface area (Å²) >= 11 is 0. The molecule has 23 heavy (non-hydrogen) atoms. The van der Waals surface area contributed by atoms with Crippen molar-refractivity contribution in [2.75, 3.05) is 5.32 Å². The van der Waals surface area contributed by atoms with Crippen molar-refractivity contribution < 1.29 is 9.90 Å². The molecule has 2 unspecified atom stereocenters. The molecule has 120 valence electrons. The normalized spacial score (nSPS) is 17.7. The summed E-state index contributed by atoms with van der Waals surface area (Å²) in [7, 11) is 0. The van der Waals surface area contributed by atoms with Crippen LogP contribution in [-0.2, 0) is 11.2 Å². The minimum Gasteiger partial charge on any atom is -0.384 e. The highest BCUT2D eigenvalue weighted by Gasteiger charge is 2.31. The largest absolute Gasteiger partial charge is 0.384 e. The monoisotopic (exact) mass is 309 g/mol. The van der Waals surface area contributed by atoms with Gasteiger partial charge in [0.1, 0.15) is 6.10 Å². The van der Waals surface area contributed by atoms with Crippen molar-refractivity contribution in [3.63, 3.8) is 0 Å². The first kappa shape index (κ1) is 15.8. The molecule has 0 saturated carbocycles. The predicted octanol–water partition coefficient (Wildman–Crippen LogP) is 4.08. The summed E-state index contributed by atoms with van der Waals surface area (Å²) in [6, 6.07) is 11.9. The van der Waals surface area contributed by atoms with Gasteiger partial charge in [-0.05, 0) is 48.1 Å². The molecule has 0 fully saturated rings. The number of fused-ring (bicyclic) bond motifs is 1. The number of aliphatic hydroxyl groups is 1. The van der Waals surface area contributed by atoms with Crippen molar-refractivity contribution in [3.05, 3.63) is 64.2 Å². The Hall–Kier alpha value is -2.13. The fourth-order valence-electron chi connectivity index (χ4n) is 3.31. The van der Waals surface area contributed by atoms with Crippen LogP contribution in [0.3, 0.4) is 0 Å². The van der Waals surface area contributed by atoms with E-state index in [0.29, 0.717) is 0 Å². The molecule has 1 amide bonds. The highest BCUT2D eigenvalue weighted by molar-refractivity contribution is 6.03. The lowest BCUT2D eigenvalue weighted by Gasteiger charge is -2.17. The Morgan fingerprint density at radius 2 is 1.83 bits per heavy atom. The third-order valence-corrected chi connectivity index (χ3v) is 4.71. The van der Waals surface area contributed by atoms with Crippen LogP contribution in [-0.4, -0.2) is 11.0 Å². The second kappa shape index (κ2) is 6.17. The van der Waals surface area contributed by atoms with Gasteiger partial charge in [-0.2, -0.15) is 0 Å². The first-order chi connectivity index (χ1) is 11.0. The van der Waals surface area contributed by atoms with Gasteiger partial charge < -0.3 is 10.4 Å². The SMILES string of the molecule is CCc1cc(C(O)c2ccc(C)cc2)cc2c1NC(=O)C2CC. The molecule has 1 aliphatic rings. The van der Waals surface area contributed by atoms with E-state index >= 15 is 0 Å². The molecule has 0 bridgehead atoms. The lowest BCUT2D eigenvalue weighted by Crippen LogP contribution is -2.11. The lowest BCUT2D eigenvalue weighted by atomic mass is 9.90. The van der Waals surface area contributed by atoms with Gasteiger partial charge in [-0.25, -0.2) is 0 Å². The van der Waals surface area contributed by atoms with Gasteiger partial charge in [0.25, 0.3) is 0 Å². The minimum atomic E-state index is -0.667. The third kappa shape index (κ3) is 2.77. The van der Waals surface area contributed by atoms with Crippen LogP contribution < -0.4 is 5.32 Å². The molecule has 0 spiro atoms. The second-order valence-electron chi connectivity index (χ2n) is 6.26. The Balaban J connectivity index is 2.05. The highest BCUT2D eigenvalue weighted by atomic mass is 16.3. The maximum atomic E-state index is 12.1. The Morgan fingerprint density at radius 1 is 1.13 bits per heavy atom. The number of hydrogen-bond donors (Lipinski definition) is 2. The van der Waals surface area contributed by atoms with E-state index in [4.69, 9.17) is 0 Å². The Morgan fingerprint density at radius 3 is 2.43 bits per heavy atom. The van der Waals surface area contributed by atoms with E-state index in [-0.39, 0.29) is 11.8 Å². The summed E-state index contributed by atoms with van der Waals surface area (Å²) in [6.07, 6.45) is 0.930. The fourth-order valence-corrected chi connectivity index (χ4v) is 3.31. The fraction of sp³-hybridized carbons (Fsp3) is 0.350. The smallest absolute Gasteiger partial charge is 0.232 e. The Bertz CT molecular complexity index is 734. The molecule has 1 heterocycles. The van der Waals surface area contributed by atoms with Crippen LogP contribution in [0.25, 0.3) is 0 Å².